The summed E-state index contributed by atoms with van der Waals surface area (Å²) < 4.78 is 5.18. The first-order valence-corrected chi connectivity index (χ1v) is 7.22. The molecule has 1 saturated carbocycles. The van der Waals surface area contributed by atoms with E-state index in [-0.39, 0.29) is 24.9 Å². The Morgan fingerprint density at radius 2 is 2.05 bits per heavy atom. The highest BCUT2D eigenvalue weighted by Gasteiger charge is 2.49. The molecule has 2 fully saturated rings. The highest BCUT2D eigenvalue weighted by molar-refractivity contribution is 5.92. The summed E-state index contributed by atoms with van der Waals surface area (Å²) in [5, 5.41) is 8.80. The molecule has 1 unspecified atom stereocenters. The van der Waals surface area contributed by atoms with E-state index in [2.05, 4.69) is 0 Å². The van der Waals surface area contributed by atoms with Crippen molar-refractivity contribution < 1.29 is 24.2 Å². The standard InChI is InChI=1S/C14H22N2O5/c1-10-12(19)15(8-11(17)18)6-7-16(10)13(20)14(9-21-2)4-3-5-14/h10H,3-9H2,1-2H3,(H,17,18). The molecule has 0 aromatic rings. The monoisotopic (exact) mass is 298 g/mol. The molecule has 1 atom stereocenters. The molecule has 2 rings (SSSR count). The summed E-state index contributed by atoms with van der Waals surface area (Å²) in [6.45, 7) is 2.37. The Morgan fingerprint density at radius 1 is 1.38 bits per heavy atom. The van der Waals surface area contributed by atoms with Crippen LogP contribution in [0.15, 0.2) is 0 Å². The highest BCUT2D eigenvalue weighted by atomic mass is 16.5. The van der Waals surface area contributed by atoms with Gasteiger partial charge in [-0.2, -0.15) is 0 Å². The van der Waals surface area contributed by atoms with Gasteiger partial charge in [0.2, 0.25) is 11.8 Å². The van der Waals surface area contributed by atoms with Gasteiger partial charge in [0, 0.05) is 20.2 Å². The van der Waals surface area contributed by atoms with Gasteiger partial charge in [0.1, 0.15) is 12.6 Å². The summed E-state index contributed by atoms with van der Waals surface area (Å²) in [6, 6.07) is -0.611. The van der Waals surface area contributed by atoms with Crippen molar-refractivity contribution in [2.75, 3.05) is 33.4 Å². The van der Waals surface area contributed by atoms with Gasteiger partial charge >= 0.3 is 5.97 Å². The molecule has 21 heavy (non-hydrogen) atoms. The number of carbonyl (C=O) groups is 3. The van der Waals surface area contributed by atoms with E-state index in [4.69, 9.17) is 9.84 Å². The maximum absolute atomic E-state index is 12.7. The Bertz CT molecular complexity index is 447. The largest absolute Gasteiger partial charge is 0.480 e. The van der Waals surface area contributed by atoms with Gasteiger partial charge in [-0.25, -0.2) is 0 Å². The van der Waals surface area contributed by atoms with Crippen molar-refractivity contribution in [3.63, 3.8) is 0 Å². The van der Waals surface area contributed by atoms with Crippen molar-refractivity contribution in [2.45, 2.75) is 32.2 Å². The Morgan fingerprint density at radius 3 is 2.52 bits per heavy atom. The maximum atomic E-state index is 12.7. The van der Waals surface area contributed by atoms with Crippen LogP contribution in [-0.4, -0.2) is 72.1 Å². The molecular weight excluding hydrogens is 276 g/mol. The molecule has 0 spiro atoms. The van der Waals surface area contributed by atoms with Gasteiger partial charge in [0.25, 0.3) is 0 Å². The molecule has 7 heteroatoms. The topological polar surface area (TPSA) is 87.2 Å². The Kier molecular flexibility index (Phi) is 4.51. The Hall–Kier alpha value is -1.63. The highest BCUT2D eigenvalue weighted by Crippen LogP contribution is 2.43. The van der Waals surface area contributed by atoms with E-state index >= 15 is 0 Å². The lowest BCUT2D eigenvalue weighted by molar-refractivity contribution is -0.164. The number of carboxylic acids is 1. The van der Waals surface area contributed by atoms with Crippen LogP contribution in [0.4, 0.5) is 0 Å². The zero-order valence-electron chi connectivity index (χ0n) is 12.5. The number of hydrogen-bond donors (Lipinski definition) is 1. The minimum absolute atomic E-state index is 0.0357. The van der Waals surface area contributed by atoms with Crippen LogP contribution < -0.4 is 0 Å². The lowest BCUT2D eigenvalue weighted by Gasteiger charge is -2.47. The van der Waals surface area contributed by atoms with Gasteiger partial charge in [-0.3, -0.25) is 14.4 Å². The fourth-order valence-corrected chi connectivity index (χ4v) is 3.13. The van der Waals surface area contributed by atoms with Gasteiger partial charge in [0.05, 0.1) is 12.0 Å². The van der Waals surface area contributed by atoms with E-state index in [1.54, 1.807) is 18.9 Å². The average molecular weight is 298 g/mol. The number of hydrogen-bond acceptors (Lipinski definition) is 4. The summed E-state index contributed by atoms with van der Waals surface area (Å²) in [7, 11) is 1.58. The van der Waals surface area contributed by atoms with Crippen molar-refractivity contribution in [1.82, 2.24) is 9.80 Å². The maximum Gasteiger partial charge on any atom is 0.323 e. The second kappa shape index (κ2) is 6.01. The number of methoxy groups -OCH3 is 1. The smallest absolute Gasteiger partial charge is 0.323 e. The summed E-state index contributed by atoms with van der Waals surface area (Å²) in [5.74, 6) is -1.37. The van der Waals surface area contributed by atoms with Crippen LogP contribution in [0.1, 0.15) is 26.2 Å². The first-order valence-electron chi connectivity index (χ1n) is 7.22. The minimum atomic E-state index is -1.04. The first kappa shape index (κ1) is 15.8. The molecule has 1 aliphatic heterocycles. The molecule has 118 valence electrons. The molecule has 1 N–H and O–H groups in total. The normalized spacial score (nSPS) is 24.7. The zero-order valence-corrected chi connectivity index (χ0v) is 12.5. The Balaban J connectivity index is 2.07. The van der Waals surface area contributed by atoms with Crippen LogP contribution in [0.3, 0.4) is 0 Å². The summed E-state index contributed by atoms with van der Waals surface area (Å²) in [6.07, 6.45) is 2.57. The SMILES string of the molecule is COCC1(C(=O)N2CCN(CC(=O)O)C(=O)C2C)CCC1. The number of carboxylic acid groups (broad SMARTS) is 1. The van der Waals surface area contributed by atoms with Crippen molar-refractivity contribution in [2.24, 2.45) is 5.41 Å². The fourth-order valence-electron chi connectivity index (χ4n) is 3.13. The summed E-state index contributed by atoms with van der Waals surface area (Å²) >= 11 is 0. The number of nitrogens with zero attached hydrogens (tertiary/aromatic N) is 2. The predicted molar refractivity (Wildman–Crippen MR) is 73.6 cm³/mol. The van der Waals surface area contributed by atoms with E-state index in [9.17, 15) is 14.4 Å². The van der Waals surface area contributed by atoms with Crippen LogP contribution in [0.25, 0.3) is 0 Å². The predicted octanol–water partition coefficient (Wildman–Crippen LogP) is -0.0530. The molecule has 1 aliphatic carbocycles. The van der Waals surface area contributed by atoms with E-state index in [1.165, 1.54) is 4.90 Å². The van der Waals surface area contributed by atoms with Gasteiger partial charge in [0.15, 0.2) is 0 Å². The molecule has 0 aromatic heterocycles. The van der Waals surface area contributed by atoms with E-state index in [0.717, 1.165) is 19.3 Å². The van der Waals surface area contributed by atoms with Crippen molar-refractivity contribution >= 4 is 17.8 Å². The number of ether oxygens (including phenoxy) is 1. The molecule has 0 aromatic carbocycles. The molecule has 0 radical (unpaired) electrons. The van der Waals surface area contributed by atoms with Gasteiger partial charge in [-0.1, -0.05) is 6.42 Å². The lowest BCUT2D eigenvalue weighted by Crippen LogP contribution is -2.62. The van der Waals surface area contributed by atoms with E-state index in [0.29, 0.717) is 13.2 Å². The molecule has 1 heterocycles. The molecule has 1 saturated heterocycles. The van der Waals surface area contributed by atoms with E-state index < -0.39 is 17.4 Å². The van der Waals surface area contributed by atoms with E-state index in [1.807, 2.05) is 0 Å². The third kappa shape index (κ3) is 2.88. The Labute approximate surface area is 123 Å². The first-order chi connectivity index (χ1) is 9.91. The molecule has 2 amide bonds. The van der Waals surface area contributed by atoms with Crippen molar-refractivity contribution in [3.8, 4) is 0 Å². The third-order valence-corrected chi connectivity index (χ3v) is 4.52. The van der Waals surface area contributed by atoms with Gasteiger partial charge in [-0.15, -0.1) is 0 Å². The van der Waals surface area contributed by atoms with Crippen LogP contribution in [-0.2, 0) is 19.1 Å². The molecule has 7 nitrogen and oxygen atoms in total. The molecular formula is C14H22N2O5. The number of amides is 2. The number of rotatable bonds is 5. The molecule has 2 aliphatic rings. The van der Waals surface area contributed by atoms with Gasteiger partial charge < -0.3 is 19.6 Å². The second-order valence-corrected chi connectivity index (χ2v) is 5.89. The molecule has 0 bridgehead atoms. The zero-order chi connectivity index (χ0) is 15.6. The average Bonchev–Trinajstić information content (AvgIpc) is 2.38. The minimum Gasteiger partial charge on any atom is -0.480 e. The summed E-state index contributed by atoms with van der Waals surface area (Å²) in [5.41, 5.74) is -0.488. The second-order valence-electron chi connectivity index (χ2n) is 5.89. The number of piperazine rings is 1. The van der Waals surface area contributed by atoms with Crippen LogP contribution >= 0.6 is 0 Å². The summed E-state index contributed by atoms with van der Waals surface area (Å²) in [4.78, 5) is 38.6. The third-order valence-electron chi connectivity index (χ3n) is 4.52. The van der Waals surface area contributed by atoms with Crippen LogP contribution in [0.5, 0.6) is 0 Å². The van der Waals surface area contributed by atoms with Crippen LogP contribution in [0, 0.1) is 5.41 Å². The fraction of sp³-hybridized carbons (Fsp3) is 0.786. The van der Waals surface area contributed by atoms with Crippen LogP contribution in [0.2, 0.25) is 0 Å². The van der Waals surface area contributed by atoms with Gasteiger partial charge in [-0.05, 0) is 19.8 Å². The lowest BCUT2D eigenvalue weighted by atomic mass is 9.68. The number of carbonyl (C=O) groups excluding carboxylic acids is 2. The van der Waals surface area contributed by atoms with Crippen molar-refractivity contribution in [3.05, 3.63) is 0 Å². The van der Waals surface area contributed by atoms with Crippen molar-refractivity contribution in [1.29, 1.82) is 0 Å². The quantitative estimate of drug-likeness (QED) is 0.769. The number of aliphatic carboxylic acids is 1.